The topological polar surface area (TPSA) is 57.7 Å². The molecule has 2 fully saturated rings. The minimum atomic E-state index is -5.42. The average molecular weight is 432 g/mol. The molecule has 3 aliphatic rings. The van der Waals surface area contributed by atoms with Crippen LogP contribution in [0.4, 0.5) is 32.0 Å². The zero-order valence-corrected chi connectivity index (χ0v) is 15.1. The van der Waals surface area contributed by atoms with Crippen molar-refractivity contribution >= 4 is 23.4 Å². The number of halogens is 6. The van der Waals surface area contributed by atoms with Crippen molar-refractivity contribution in [1.29, 1.82) is 0 Å². The molecule has 5 nitrogen and oxygen atoms in total. The summed E-state index contributed by atoms with van der Waals surface area (Å²) in [5, 5.41) is 0. The lowest BCUT2D eigenvalue weighted by atomic mass is 9.85. The molecular weight excluding hydrogens is 418 g/mol. The number of anilines is 1. The Morgan fingerprint density at radius 1 is 1.00 bits per heavy atom. The number of carbonyl (C=O) groups is 3. The molecule has 0 radical (unpaired) electrons. The number of rotatable bonds is 3. The largest absolute Gasteiger partial charge is 0.471 e. The Morgan fingerprint density at radius 2 is 1.57 bits per heavy atom. The van der Waals surface area contributed by atoms with Gasteiger partial charge in [0.1, 0.15) is 6.67 Å². The number of fused-ring (bicyclic) bond motifs is 5. The van der Waals surface area contributed by atoms with Gasteiger partial charge in [0.2, 0.25) is 11.8 Å². The van der Waals surface area contributed by atoms with Gasteiger partial charge in [-0.15, -0.1) is 0 Å². The average Bonchev–Trinajstić information content (AvgIpc) is 3.33. The molecule has 0 spiro atoms. The van der Waals surface area contributed by atoms with E-state index in [0.29, 0.717) is 23.5 Å². The second-order valence-corrected chi connectivity index (χ2v) is 7.52. The van der Waals surface area contributed by atoms with Gasteiger partial charge in [0.15, 0.2) is 0 Å². The van der Waals surface area contributed by atoms with Crippen LogP contribution in [0.2, 0.25) is 0 Å². The maximum atomic E-state index is 13.1. The Kier molecular flexibility index (Phi) is 4.48. The van der Waals surface area contributed by atoms with Crippen LogP contribution >= 0.6 is 0 Å². The fraction of sp³-hybridized carbons (Fsp3) is 0.421. The van der Waals surface area contributed by atoms with E-state index in [4.69, 9.17) is 0 Å². The minimum absolute atomic E-state index is 0.0125. The molecular formula is C19H14F6N2O3. The summed E-state index contributed by atoms with van der Waals surface area (Å²) in [6, 6.07) is 2.75. The molecule has 1 heterocycles. The normalized spacial score (nSPS) is 27.7. The lowest BCUT2D eigenvalue weighted by Gasteiger charge is -2.29. The van der Waals surface area contributed by atoms with Gasteiger partial charge in [-0.1, -0.05) is 18.2 Å². The third-order valence-corrected chi connectivity index (χ3v) is 5.82. The molecule has 2 bridgehead atoms. The first-order valence-corrected chi connectivity index (χ1v) is 8.99. The van der Waals surface area contributed by atoms with Crippen LogP contribution in [0, 0.1) is 23.7 Å². The number of nitrogens with zero attached hydrogens (tertiary/aromatic N) is 2. The van der Waals surface area contributed by atoms with E-state index in [9.17, 15) is 40.7 Å². The van der Waals surface area contributed by atoms with Crippen molar-refractivity contribution in [3.05, 3.63) is 42.0 Å². The van der Waals surface area contributed by atoms with E-state index >= 15 is 0 Å². The van der Waals surface area contributed by atoms with Crippen LogP contribution in [0.5, 0.6) is 0 Å². The molecule has 1 saturated heterocycles. The maximum Gasteiger partial charge on any atom is 0.471 e. The SMILES string of the molecule is O=C1[C@@H]2[C@H](C(=O)N1CN(C(=O)C(F)(F)F)c1cccc(C(F)(F)F)c1)[C@@H]1C=C[C@H]2C1. The summed E-state index contributed by atoms with van der Waals surface area (Å²) in [4.78, 5) is 38.0. The van der Waals surface area contributed by atoms with E-state index in [1.165, 1.54) is 0 Å². The van der Waals surface area contributed by atoms with Gasteiger partial charge in [0.05, 0.1) is 17.4 Å². The summed E-state index contributed by atoms with van der Waals surface area (Å²) in [7, 11) is 0. The molecule has 30 heavy (non-hydrogen) atoms. The van der Waals surface area contributed by atoms with Crippen LogP contribution in [0.25, 0.3) is 0 Å². The van der Waals surface area contributed by atoms with Crippen molar-refractivity contribution in [3.63, 3.8) is 0 Å². The number of imide groups is 1. The van der Waals surface area contributed by atoms with E-state index in [-0.39, 0.29) is 16.7 Å². The lowest BCUT2D eigenvalue weighted by Crippen LogP contribution is -2.49. The lowest BCUT2D eigenvalue weighted by molar-refractivity contribution is -0.171. The van der Waals surface area contributed by atoms with Gasteiger partial charge in [-0.2, -0.15) is 26.3 Å². The van der Waals surface area contributed by atoms with Crippen molar-refractivity contribution in [1.82, 2.24) is 4.90 Å². The monoisotopic (exact) mass is 432 g/mol. The number of carbonyl (C=O) groups excluding carboxylic acids is 3. The zero-order valence-electron chi connectivity index (χ0n) is 15.1. The molecule has 1 saturated carbocycles. The summed E-state index contributed by atoms with van der Waals surface area (Å²) in [5.74, 6) is -5.74. The quantitative estimate of drug-likeness (QED) is 0.418. The number of likely N-dealkylation sites (tertiary alicyclic amines) is 1. The second-order valence-electron chi connectivity index (χ2n) is 7.52. The van der Waals surface area contributed by atoms with E-state index in [0.717, 1.165) is 12.1 Å². The number of hydrogen-bond acceptors (Lipinski definition) is 3. The number of benzene rings is 1. The van der Waals surface area contributed by atoms with Gasteiger partial charge in [-0.25, -0.2) is 0 Å². The standard InChI is InChI=1S/C19H14F6N2O3/c20-18(21,22)11-2-1-3-12(7-11)26(17(30)19(23,24)25)8-27-15(28)13-9-4-5-10(6-9)14(13)16(27)29/h1-5,7,9-10,13-14H,6,8H2/t9-,10+,13-,14+. The van der Waals surface area contributed by atoms with Crippen molar-refractivity contribution in [2.45, 2.75) is 18.8 Å². The Morgan fingerprint density at radius 3 is 2.07 bits per heavy atom. The van der Waals surface area contributed by atoms with Gasteiger partial charge in [-0.3, -0.25) is 24.2 Å². The zero-order chi connectivity index (χ0) is 22.0. The van der Waals surface area contributed by atoms with E-state index in [1.807, 2.05) is 0 Å². The summed E-state index contributed by atoms with van der Waals surface area (Å²) in [6.07, 6.45) is -6.11. The maximum absolute atomic E-state index is 13.1. The number of amides is 3. The summed E-state index contributed by atoms with van der Waals surface area (Å²) in [5.41, 5.74) is -1.98. The van der Waals surface area contributed by atoms with Crippen molar-refractivity contribution < 1.29 is 40.7 Å². The highest BCUT2D eigenvalue weighted by Crippen LogP contribution is 2.52. The van der Waals surface area contributed by atoms with Gasteiger partial charge in [-0.05, 0) is 36.5 Å². The van der Waals surface area contributed by atoms with E-state index < -0.39 is 59.8 Å². The predicted molar refractivity (Wildman–Crippen MR) is 89.4 cm³/mol. The molecule has 11 heteroatoms. The van der Waals surface area contributed by atoms with E-state index in [1.54, 1.807) is 12.2 Å². The van der Waals surface area contributed by atoms with Crippen LogP contribution in [-0.2, 0) is 20.6 Å². The first-order chi connectivity index (χ1) is 13.9. The smallest absolute Gasteiger partial charge is 0.286 e. The number of alkyl halides is 6. The van der Waals surface area contributed by atoms with Gasteiger partial charge in [0.25, 0.3) is 0 Å². The molecule has 4 atom stereocenters. The molecule has 2 aliphatic carbocycles. The fourth-order valence-corrected chi connectivity index (χ4v) is 4.51. The first kappa shape index (κ1) is 20.4. The third-order valence-electron chi connectivity index (χ3n) is 5.82. The fourth-order valence-electron chi connectivity index (χ4n) is 4.51. The molecule has 160 valence electrons. The van der Waals surface area contributed by atoms with Gasteiger partial charge in [0, 0.05) is 5.69 Å². The number of allylic oxidation sites excluding steroid dienone is 2. The summed E-state index contributed by atoms with van der Waals surface area (Å²) in [6.45, 7) is -1.11. The predicted octanol–water partition coefficient (Wildman–Crippen LogP) is 3.37. The van der Waals surface area contributed by atoms with Crippen molar-refractivity contribution in [2.24, 2.45) is 23.7 Å². The number of hydrogen-bond donors (Lipinski definition) is 0. The molecule has 1 aromatic carbocycles. The molecule has 0 N–H and O–H groups in total. The molecule has 0 unspecified atom stereocenters. The highest BCUT2D eigenvalue weighted by Gasteiger charge is 2.60. The third kappa shape index (κ3) is 3.16. The highest BCUT2D eigenvalue weighted by atomic mass is 19.4. The molecule has 1 aliphatic heterocycles. The molecule has 3 amide bonds. The molecule has 1 aromatic rings. The highest BCUT2D eigenvalue weighted by molar-refractivity contribution is 6.07. The Balaban J connectivity index is 1.68. The van der Waals surface area contributed by atoms with Crippen molar-refractivity contribution in [3.8, 4) is 0 Å². The van der Waals surface area contributed by atoms with Gasteiger partial charge >= 0.3 is 18.3 Å². The summed E-state index contributed by atoms with van der Waals surface area (Å²) >= 11 is 0. The minimum Gasteiger partial charge on any atom is -0.286 e. The Labute approximate surface area is 165 Å². The van der Waals surface area contributed by atoms with Crippen molar-refractivity contribution in [2.75, 3.05) is 11.6 Å². The first-order valence-electron chi connectivity index (χ1n) is 8.99. The van der Waals surface area contributed by atoms with Crippen LogP contribution in [0.1, 0.15) is 12.0 Å². The second kappa shape index (κ2) is 6.58. The Hall–Kier alpha value is -2.85. The van der Waals surface area contributed by atoms with Gasteiger partial charge < -0.3 is 0 Å². The molecule has 4 rings (SSSR count). The van der Waals surface area contributed by atoms with E-state index in [2.05, 4.69) is 0 Å². The van der Waals surface area contributed by atoms with Crippen LogP contribution in [0.15, 0.2) is 36.4 Å². The van der Waals surface area contributed by atoms with Crippen LogP contribution < -0.4 is 4.90 Å². The van der Waals surface area contributed by atoms with Crippen LogP contribution in [0.3, 0.4) is 0 Å². The molecule has 0 aromatic heterocycles. The Bertz CT molecular complexity index is 924. The summed E-state index contributed by atoms with van der Waals surface area (Å²) < 4.78 is 78.4. The van der Waals surface area contributed by atoms with Crippen LogP contribution in [-0.4, -0.2) is 35.5 Å².